The topological polar surface area (TPSA) is 95.9 Å². The minimum absolute atomic E-state index is 0.0405. The second-order valence-electron chi connectivity index (χ2n) is 10.8. The number of benzene rings is 3. The van der Waals surface area contributed by atoms with E-state index in [9.17, 15) is 19.5 Å². The van der Waals surface area contributed by atoms with Crippen molar-refractivity contribution in [3.05, 3.63) is 133 Å². The number of aliphatic hydroxyl groups excluding tert-OH is 1. The number of hydrogen-bond acceptors (Lipinski definition) is 5. The highest BCUT2D eigenvalue weighted by Crippen LogP contribution is 2.23. The van der Waals surface area contributed by atoms with Crippen LogP contribution >= 0.6 is 0 Å². The fraction of sp³-hybridized carbons (Fsp3) is 0.324. The lowest BCUT2D eigenvalue weighted by Crippen LogP contribution is -2.39. The van der Waals surface area contributed by atoms with Gasteiger partial charge in [0, 0.05) is 19.5 Å². The molecule has 0 spiro atoms. The van der Waals surface area contributed by atoms with E-state index in [2.05, 4.69) is 18.5 Å². The molecule has 3 aromatic carbocycles. The largest absolute Gasteiger partial charge is 0.455 e. The summed E-state index contributed by atoms with van der Waals surface area (Å²) in [5, 5.41) is 12.5. The molecular formula is C37H44N2O5. The summed E-state index contributed by atoms with van der Waals surface area (Å²) in [4.78, 5) is 41.7. The van der Waals surface area contributed by atoms with Crippen molar-refractivity contribution in [2.45, 2.75) is 44.8 Å². The average molecular weight is 597 g/mol. The van der Waals surface area contributed by atoms with Gasteiger partial charge in [-0.2, -0.15) is 0 Å². The van der Waals surface area contributed by atoms with Crippen molar-refractivity contribution in [3.63, 3.8) is 0 Å². The molecule has 0 aliphatic carbocycles. The van der Waals surface area contributed by atoms with E-state index < -0.39 is 12.0 Å². The molecule has 7 nitrogen and oxygen atoms in total. The standard InChI is InChI=1S/C37H44N2O5/c1-3-5-20-33(25-29-16-9-6-10-17-29)37(43)44-34(31-21-13-8-14-22-31)27-38-36(42)32(15-4-2)26-35(41)39(23-24-40)28-30-18-11-7-12-19-30/h3-4,6-14,16-19,21-22,32-34,40H,1-2,5,15,20,23-28H2,(H,38,42)/t32-,33+,34-/m0/s1. The normalized spacial score (nSPS) is 12.8. The lowest BCUT2D eigenvalue weighted by Gasteiger charge is -2.25. The first kappa shape index (κ1) is 34.0. The van der Waals surface area contributed by atoms with Crippen LogP contribution in [0.2, 0.25) is 0 Å². The van der Waals surface area contributed by atoms with Crippen LogP contribution in [0.3, 0.4) is 0 Å². The van der Waals surface area contributed by atoms with Gasteiger partial charge < -0.3 is 20.1 Å². The molecule has 2 amide bonds. The third-order valence-electron chi connectivity index (χ3n) is 7.45. The van der Waals surface area contributed by atoms with E-state index in [-0.39, 0.29) is 49.8 Å². The fourth-order valence-electron chi connectivity index (χ4n) is 5.03. The lowest BCUT2D eigenvalue weighted by atomic mass is 9.94. The number of esters is 1. The highest BCUT2D eigenvalue weighted by molar-refractivity contribution is 5.86. The number of ether oxygens (including phenoxy) is 1. The molecule has 0 fully saturated rings. The van der Waals surface area contributed by atoms with Crippen LogP contribution in [0.15, 0.2) is 116 Å². The Hall–Kier alpha value is -4.49. The minimum atomic E-state index is -0.710. The molecule has 0 unspecified atom stereocenters. The van der Waals surface area contributed by atoms with Crippen LogP contribution in [0.1, 0.15) is 48.5 Å². The van der Waals surface area contributed by atoms with Crippen molar-refractivity contribution >= 4 is 17.8 Å². The third kappa shape index (κ3) is 11.3. The van der Waals surface area contributed by atoms with Gasteiger partial charge in [0.15, 0.2) is 0 Å². The summed E-state index contributed by atoms with van der Waals surface area (Å²) in [6.45, 7) is 7.96. The number of carbonyl (C=O) groups excluding carboxylic acids is 3. The highest BCUT2D eigenvalue weighted by atomic mass is 16.5. The Bertz CT molecular complexity index is 1310. The fourth-order valence-corrected chi connectivity index (χ4v) is 5.03. The maximum Gasteiger partial charge on any atom is 0.309 e. The van der Waals surface area contributed by atoms with Gasteiger partial charge in [-0.05, 0) is 42.4 Å². The Balaban J connectivity index is 1.70. The van der Waals surface area contributed by atoms with Crippen molar-refractivity contribution in [2.24, 2.45) is 11.8 Å². The molecule has 0 bridgehead atoms. The molecule has 232 valence electrons. The van der Waals surface area contributed by atoms with Crippen molar-refractivity contribution in [1.82, 2.24) is 10.2 Å². The lowest BCUT2D eigenvalue weighted by molar-refractivity contribution is -0.155. The van der Waals surface area contributed by atoms with Crippen LogP contribution in [-0.4, -0.2) is 47.5 Å². The zero-order valence-electron chi connectivity index (χ0n) is 25.4. The quantitative estimate of drug-likeness (QED) is 0.134. The average Bonchev–Trinajstić information content (AvgIpc) is 3.05. The predicted molar refractivity (Wildman–Crippen MR) is 173 cm³/mol. The second kappa shape index (κ2) is 18.9. The number of aliphatic hydroxyl groups is 1. The van der Waals surface area contributed by atoms with E-state index in [0.717, 1.165) is 16.7 Å². The van der Waals surface area contributed by atoms with Gasteiger partial charge in [0.25, 0.3) is 0 Å². The van der Waals surface area contributed by atoms with E-state index in [1.807, 2.05) is 91.0 Å². The van der Waals surface area contributed by atoms with E-state index in [0.29, 0.717) is 32.2 Å². The van der Waals surface area contributed by atoms with Crippen molar-refractivity contribution in [1.29, 1.82) is 0 Å². The van der Waals surface area contributed by atoms with E-state index in [4.69, 9.17) is 4.74 Å². The number of hydrogen-bond donors (Lipinski definition) is 2. The Labute approximate surface area is 261 Å². The van der Waals surface area contributed by atoms with Gasteiger partial charge in [-0.3, -0.25) is 14.4 Å². The third-order valence-corrected chi connectivity index (χ3v) is 7.45. The van der Waals surface area contributed by atoms with Crippen LogP contribution in [-0.2, 0) is 32.1 Å². The van der Waals surface area contributed by atoms with Crippen LogP contribution in [0.4, 0.5) is 0 Å². The Morgan fingerprint density at radius 3 is 2.05 bits per heavy atom. The van der Waals surface area contributed by atoms with Crippen molar-refractivity contribution in [3.8, 4) is 0 Å². The van der Waals surface area contributed by atoms with Crippen LogP contribution in [0.5, 0.6) is 0 Å². The summed E-state index contributed by atoms with van der Waals surface area (Å²) in [5.41, 5.74) is 2.74. The maximum absolute atomic E-state index is 13.5. The molecule has 3 rings (SSSR count). The maximum atomic E-state index is 13.5. The van der Waals surface area contributed by atoms with Crippen LogP contribution in [0.25, 0.3) is 0 Å². The number of nitrogens with one attached hydrogen (secondary N) is 1. The Kier molecular flexibility index (Phi) is 14.6. The van der Waals surface area contributed by atoms with Crippen LogP contribution < -0.4 is 5.32 Å². The minimum Gasteiger partial charge on any atom is -0.455 e. The predicted octanol–water partition coefficient (Wildman–Crippen LogP) is 5.82. The van der Waals surface area contributed by atoms with Gasteiger partial charge in [0.2, 0.25) is 11.8 Å². The van der Waals surface area contributed by atoms with Crippen molar-refractivity contribution in [2.75, 3.05) is 19.7 Å². The molecule has 3 atom stereocenters. The number of allylic oxidation sites excluding steroid dienone is 2. The zero-order chi connectivity index (χ0) is 31.6. The summed E-state index contributed by atoms with van der Waals surface area (Å²) in [5.74, 6) is -1.93. The molecule has 44 heavy (non-hydrogen) atoms. The summed E-state index contributed by atoms with van der Waals surface area (Å²) in [6, 6.07) is 28.7. The first-order valence-electron chi connectivity index (χ1n) is 15.2. The number of carbonyl (C=O) groups is 3. The van der Waals surface area contributed by atoms with Gasteiger partial charge in [0.05, 0.1) is 25.0 Å². The zero-order valence-corrected chi connectivity index (χ0v) is 25.4. The van der Waals surface area contributed by atoms with Gasteiger partial charge in [-0.1, -0.05) is 103 Å². The first-order chi connectivity index (χ1) is 21.4. The number of amides is 2. The van der Waals surface area contributed by atoms with Crippen molar-refractivity contribution < 1.29 is 24.2 Å². The Morgan fingerprint density at radius 1 is 0.841 bits per heavy atom. The molecule has 7 heteroatoms. The van der Waals surface area contributed by atoms with E-state index >= 15 is 0 Å². The van der Waals surface area contributed by atoms with Crippen LogP contribution in [0, 0.1) is 11.8 Å². The molecule has 0 radical (unpaired) electrons. The molecule has 0 saturated carbocycles. The Morgan fingerprint density at radius 2 is 1.45 bits per heavy atom. The summed E-state index contributed by atoms with van der Waals surface area (Å²) < 4.78 is 6.06. The monoisotopic (exact) mass is 596 g/mol. The summed E-state index contributed by atoms with van der Waals surface area (Å²) in [6.07, 6.45) is 4.77. The van der Waals surface area contributed by atoms with Gasteiger partial charge in [0.1, 0.15) is 6.10 Å². The highest BCUT2D eigenvalue weighted by Gasteiger charge is 2.28. The molecular weight excluding hydrogens is 552 g/mol. The molecule has 0 aromatic heterocycles. The molecule has 3 aromatic rings. The number of rotatable bonds is 19. The van der Waals surface area contributed by atoms with E-state index in [1.54, 1.807) is 17.1 Å². The van der Waals surface area contributed by atoms with Gasteiger partial charge in [-0.25, -0.2) is 0 Å². The first-order valence-corrected chi connectivity index (χ1v) is 15.2. The van der Waals surface area contributed by atoms with E-state index in [1.165, 1.54) is 0 Å². The summed E-state index contributed by atoms with van der Waals surface area (Å²) in [7, 11) is 0. The smallest absolute Gasteiger partial charge is 0.309 e. The SMILES string of the molecule is C=CCC[C@H](Cc1ccccc1)C(=O)O[C@@H](CNC(=O)[C@@H](CC=C)CC(=O)N(CCO)Cc1ccccc1)c1ccccc1. The van der Waals surface area contributed by atoms with Gasteiger partial charge in [-0.15, -0.1) is 13.2 Å². The second-order valence-corrected chi connectivity index (χ2v) is 10.8. The molecule has 0 saturated heterocycles. The molecule has 0 heterocycles. The molecule has 0 aliphatic heterocycles. The summed E-state index contributed by atoms with van der Waals surface area (Å²) >= 11 is 0. The molecule has 2 N–H and O–H groups in total. The van der Waals surface area contributed by atoms with Gasteiger partial charge >= 0.3 is 5.97 Å². The number of nitrogens with zero attached hydrogens (tertiary/aromatic N) is 1. The molecule has 0 aliphatic rings.